The number of hydrogen-bond acceptors (Lipinski definition) is 2. The molecule has 0 aromatic rings. The maximum Gasteiger partial charge on any atom is 0.306 e. The summed E-state index contributed by atoms with van der Waals surface area (Å²) in [7, 11) is 0. The van der Waals surface area contributed by atoms with E-state index < -0.39 is 0 Å². The quantitative estimate of drug-likeness (QED) is 0.644. The van der Waals surface area contributed by atoms with Crippen molar-refractivity contribution in [3.8, 4) is 0 Å². The highest BCUT2D eigenvalue weighted by molar-refractivity contribution is 5.69. The fraction of sp³-hybridized carbons (Fsp3) is 0.875. The summed E-state index contributed by atoms with van der Waals surface area (Å²) in [5, 5.41) is 3.93. The number of carboxylic acids is 1. The van der Waals surface area contributed by atoms with Crippen LogP contribution in [0.5, 0.6) is 0 Å². The maximum absolute atomic E-state index is 10.9. The molecular formula is C8H16O2. The summed E-state index contributed by atoms with van der Waals surface area (Å²) in [4.78, 5) is 10.9. The Balaban J connectivity index is 3.76. The molecule has 0 atom stereocenters. The lowest BCUT2D eigenvalue weighted by molar-refractivity contribution is -0.142. The Morgan fingerprint density at radius 1 is 1.50 bits per heavy atom. The first kappa shape index (κ1) is 7.58. The van der Waals surface area contributed by atoms with Crippen LogP contribution in [0, 0.1) is 5.92 Å². The molecule has 0 heterocycles. The van der Waals surface area contributed by atoms with Crippen molar-refractivity contribution >= 4 is 5.97 Å². The van der Waals surface area contributed by atoms with Gasteiger partial charge in [-0.25, -0.2) is 0 Å². The molecule has 0 aromatic heterocycles. The van der Waals surface area contributed by atoms with Crippen LogP contribution in [-0.2, 0) is 4.79 Å². The van der Waals surface area contributed by atoms with Crippen molar-refractivity contribution in [1.29, 1.82) is 1.43 Å². The minimum absolute atomic E-state index is 0.0532. The van der Waals surface area contributed by atoms with Crippen LogP contribution in [0.2, 0.25) is 0 Å². The van der Waals surface area contributed by atoms with Crippen molar-refractivity contribution in [2.75, 3.05) is 0 Å². The standard InChI is InChI=1S/C8H16O2/c1-3-5-7(6-4-2)8(9)10/h7H,3-6H2,1-2H3,(H,9,10)/i/hD. The summed E-state index contributed by atoms with van der Waals surface area (Å²) in [6.07, 6.45) is 3.62. The minimum Gasteiger partial charge on any atom is -0.481 e. The van der Waals surface area contributed by atoms with Gasteiger partial charge >= 0.3 is 5.97 Å². The van der Waals surface area contributed by atoms with Crippen LogP contribution >= 0.6 is 0 Å². The minimum atomic E-state index is -0.381. The van der Waals surface area contributed by atoms with Crippen LogP contribution in [0.25, 0.3) is 1.43 Å². The van der Waals surface area contributed by atoms with Crippen molar-refractivity contribution < 1.29 is 9.90 Å². The van der Waals surface area contributed by atoms with E-state index in [1.54, 1.807) is 0 Å². The molecular weight excluding hydrogens is 128 g/mol. The summed E-state index contributed by atoms with van der Waals surface area (Å²) in [6, 6.07) is 0. The van der Waals surface area contributed by atoms with Crippen molar-refractivity contribution in [1.82, 2.24) is 0 Å². The van der Waals surface area contributed by atoms with Gasteiger partial charge < -0.3 is 5.11 Å². The van der Waals surface area contributed by atoms with E-state index in [0.29, 0.717) is 0 Å². The number of carbonyl (C=O) groups is 1. The summed E-state index contributed by atoms with van der Waals surface area (Å²) in [5.41, 5.74) is 0. The zero-order valence-electron chi connectivity index (χ0n) is 7.72. The first-order chi connectivity index (χ1) is 5.26. The first-order valence-corrected chi connectivity index (χ1v) is 3.93. The van der Waals surface area contributed by atoms with E-state index in [4.69, 9.17) is 1.43 Å². The lowest BCUT2D eigenvalue weighted by Crippen LogP contribution is -2.12. The Labute approximate surface area is 63.7 Å². The highest BCUT2D eigenvalue weighted by Gasteiger charge is 2.13. The van der Waals surface area contributed by atoms with Crippen molar-refractivity contribution in [3.63, 3.8) is 0 Å². The van der Waals surface area contributed by atoms with Crippen molar-refractivity contribution in [2.24, 2.45) is 5.92 Å². The summed E-state index contributed by atoms with van der Waals surface area (Å²) < 4.78 is 6.45. The van der Waals surface area contributed by atoms with E-state index in [2.05, 4.69) is 5.11 Å². The number of hydrogen-bond donors (Lipinski definition) is 1. The second-order valence-corrected chi connectivity index (χ2v) is 2.59. The number of aliphatic carboxylic acids is 1. The fourth-order valence-corrected chi connectivity index (χ4v) is 1.08. The molecule has 2 nitrogen and oxygen atoms in total. The van der Waals surface area contributed by atoms with Gasteiger partial charge in [-0.2, -0.15) is 0 Å². The average Bonchev–Trinajstić information content (AvgIpc) is 2.03. The van der Waals surface area contributed by atoms with Gasteiger partial charge in [-0.05, 0) is 12.8 Å². The van der Waals surface area contributed by atoms with E-state index in [0.717, 1.165) is 25.7 Å². The van der Waals surface area contributed by atoms with Gasteiger partial charge in [-0.15, -0.1) is 0 Å². The van der Waals surface area contributed by atoms with Gasteiger partial charge in [-0.3, -0.25) is 4.79 Å². The molecule has 60 valence electrons. The third-order valence-electron chi connectivity index (χ3n) is 1.61. The Kier molecular flexibility index (Phi) is 3.99. The van der Waals surface area contributed by atoms with Crippen LogP contribution in [0.4, 0.5) is 0 Å². The Bertz CT molecular complexity index is 109. The predicted molar refractivity (Wildman–Crippen MR) is 40.9 cm³/mol. The molecule has 1 N–H and O–H groups in total. The van der Waals surface area contributed by atoms with Crippen LogP contribution in [0.1, 0.15) is 39.5 Å². The fourth-order valence-electron chi connectivity index (χ4n) is 1.08. The van der Waals surface area contributed by atoms with Crippen LogP contribution in [0.3, 0.4) is 0 Å². The van der Waals surface area contributed by atoms with Gasteiger partial charge in [0.25, 0.3) is 1.43 Å². The van der Waals surface area contributed by atoms with Crippen LogP contribution < -0.4 is 0 Å². The van der Waals surface area contributed by atoms with Gasteiger partial charge in [0.2, 0.25) is 0 Å². The number of carboxylic acid groups (broad SMARTS) is 1. The van der Waals surface area contributed by atoms with E-state index in [1.807, 2.05) is 13.8 Å². The molecule has 0 fully saturated rings. The van der Waals surface area contributed by atoms with E-state index in [1.165, 1.54) is 0 Å². The highest BCUT2D eigenvalue weighted by Crippen LogP contribution is 2.12. The largest absolute Gasteiger partial charge is 0.481 e. The Morgan fingerprint density at radius 3 is 2.30 bits per heavy atom. The van der Waals surface area contributed by atoms with Gasteiger partial charge in [0.1, 0.15) is 0 Å². The monoisotopic (exact) mass is 145 g/mol. The second kappa shape index (κ2) is 5.27. The molecule has 0 saturated carbocycles. The average molecular weight is 145 g/mol. The first-order valence-electron chi connectivity index (χ1n) is 4.34. The second-order valence-electron chi connectivity index (χ2n) is 2.59. The maximum atomic E-state index is 10.9. The summed E-state index contributed by atoms with van der Waals surface area (Å²) in [5.74, 6) is -0.434. The lowest BCUT2D eigenvalue weighted by atomic mass is 9.99. The third-order valence-corrected chi connectivity index (χ3v) is 1.61. The van der Waals surface area contributed by atoms with Gasteiger partial charge in [-0.1, -0.05) is 26.7 Å². The van der Waals surface area contributed by atoms with E-state index in [9.17, 15) is 4.79 Å². The molecule has 0 spiro atoms. The lowest BCUT2D eigenvalue weighted by Gasteiger charge is -2.07. The Hall–Kier alpha value is -0.530. The molecule has 0 aliphatic heterocycles. The van der Waals surface area contributed by atoms with Crippen molar-refractivity contribution in [3.05, 3.63) is 0 Å². The summed E-state index contributed by atoms with van der Waals surface area (Å²) >= 11 is 0. The molecule has 0 aliphatic carbocycles. The molecule has 0 unspecified atom stereocenters. The molecule has 0 amide bonds. The molecule has 0 aliphatic rings. The zero-order valence-corrected chi connectivity index (χ0v) is 6.72. The SMILES string of the molecule is [2H]OC(=O)C(CCC)CCC. The number of rotatable bonds is 5. The molecule has 0 rings (SSSR count). The summed E-state index contributed by atoms with van der Waals surface area (Å²) in [6.45, 7) is 4.06. The predicted octanol–water partition coefficient (Wildman–Crippen LogP) is 2.29. The molecule has 0 aromatic carbocycles. The highest BCUT2D eigenvalue weighted by atomic mass is 16.4. The molecule has 0 saturated heterocycles. The van der Waals surface area contributed by atoms with Crippen LogP contribution in [-0.4, -0.2) is 11.1 Å². The van der Waals surface area contributed by atoms with Crippen molar-refractivity contribution in [2.45, 2.75) is 39.5 Å². The van der Waals surface area contributed by atoms with E-state index in [-0.39, 0.29) is 11.9 Å². The molecule has 10 heavy (non-hydrogen) atoms. The third kappa shape index (κ3) is 3.49. The molecule has 0 radical (unpaired) electrons. The Morgan fingerprint density at radius 2 is 2.00 bits per heavy atom. The van der Waals surface area contributed by atoms with E-state index >= 15 is 0 Å². The van der Waals surface area contributed by atoms with Gasteiger partial charge in [0, 0.05) is 0 Å². The van der Waals surface area contributed by atoms with Crippen LogP contribution in [0.15, 0.2) is 0 Å². The van der Waals surface area contributed by atoms with Gasteiger partial charge in [0.05, 0.1) is 5.92 Å². The zero-order chi connectivity index (χ0) is 8.69. The molecule has 0 bridgehead atoms. The normalized spacial score (nSPS) is 11.3. The molecule has 2 heteroatoms. The topological polar surface area (TPSA) is 37.3 Å². The van der Waals surface area contributed by atoms with Gasteiger partial charge in [0.15, 0.2) is 0 Å². The smallest absolute Gasteiger partial charge is 0.306 e.